The molecule has 10 heteroatoms. The number of nitrogens with one attached hydrogen (secondary N) is 2. The molecule has 3 amide bonds. The third-order valence-corrected chi connectivity index (χ3v) is 13.7. The van der Waals surface area contributed by atoms with Crippen LogP contribution in [-0.4, -0.2) is 68.1 Å². The SMILES string of the molecule is CC[C@H]1C[C@@H](c2nc3c(ccc4cc(-c5ccc6c7c(ccc6c5)N=C([C@@H]5C[C@H](C)CN5C(=O)[C@@H](C)C(C)C)C7)ccc43)[nH]2)N(C(=O)[C@H](NC(=O)OC(C)(C)C)c2ccccc2)C1. The number of nitrogens with zero attached hydrogens (tertiary/aromatic N) is 4. The Kier molecular flexibility index (Phi) is 11.1. The molecule has 4 heterocycles. The van der Waals surface area contributed by atoms with E-state index in [1.54, 1.807) is 0 Å². The molecule has 10 nitrogen and oxygen atoms in total. The number of carbonyl (C=O) groups is 3. The van der Waals surface area contributed by atoms with E-state index in [4.69, 9.17) is 14.7 Å². The van der Waals surface area contributed by atoms with E-state index in [0.29, 0.717) is 23.9 Å². The van der Waals surface area contributed by atoms with Gasteiger partial charge in [0.1, 0.15) is 17.5 Å². The Morgan fingerprint density at radius 2 is 1.51 bits per heavy atom. The van der Waals surface area contributed by atoms with E-state index < -0.39 is 17.7 Å². The predicted octanol–water partition coefficient (Wildman–Crippen LogP) is 11.3. The summed E-state index contributed by atoms with van der Waals surface area (Å²) in [5, 5.41) is 7.39. The van der Waals surface area contributed by atoms with Gasteiger partial charge in [0.25, 0.3) is 5.91 Å². The zero-order valence-corrected chi connectivity index (χ0v) is 37.9. The molecule has 3 aliphatic heterocycles. The zero-order valence-electron chi connectivity index (χ0n) is 37.9. The van der Waals surface area contributed by atoms with Crippen molar-refractivity contribution >= 4 is 61.9 Å². The van der Waals surface area contributed by atoms with Crippen LogP contribution in [0.5, 0.6) is 0 Å². The first-order chi connectivity index (χ1) is 30.1. The van der Waals surface area contributed by atoms with Gasteiger partial charge >= 0.3 is 6.09 Å². The molecule has 2 saturated heterocycles. The number of hydrogen-bond donors (Lipinski definition) is 2. The number of imidazole rings is 1. The molecule has 3 aliphatic rings. The molecule has 0 radical (unpaired) electrons. The van der Waals surface area contributed by atoms with Crippen LogP contribution in [0, 0.1) is 23.7 Å². The van der Waals surface area contributed by atoms with Crippen molar-refractivity contribution in [1.29, 1.82) is 0 Å². The van der Waals surface area contributed by atoms with Crippen molar-refractivity contribution in [3.8, 4) is 11.1 Å². The quantitative estimate of drug-likeness (QED) is 0.150. The molecule has 6 atom stereocenters. The van der Waals surface area contributed by atoms with Crippen LogP contribution < -0.4 is 5.32 Å². The number of carbonyl (C=O) groups excluding carboxylic acids is 3. The molecule has 5 aromatic carbocycles. The van der Waals surface area contributed by atoms with Gasteiger partial charge in [0.15, 0.2) is 0 Å². The molecule has 2 fully saturated rings. The maximum Gasteiger partial charge on any atom is 0.408 e. The van der Waals surface area contributed by atoms with E-state index in [-0.39, 0.29) is 35.7 Å². The number of alkyl carbamates (subject to hydrolysis) is 1. The molecule has 0 bridgehead atoms. The van der Waals surface area contributed by atoms with Crippen molar-refractivity contribution in [3.63, 3.8) is 0 Å². The van der Waals surface area contributed by atoms with Crippen LogP contribution in [0.25, 0.3) is 43.7 Å². The van der Waals surface area contributed by atoms with Gasteiger partial charge in [-0.2, -0.15) is 0 Å². The van der Waals surface area contributed by atoms with Crippen LogP contribution in [0.4, 0.5) is 10.5 Å². The molecular formula is C53H60N6O4. The zero-order chi connectivity index (χ0) is 44.3. The Morgan fingerprint density at radius 3 is 2.21 bits per heavy atom. The van der Waals surface area contributed by atoms with Crippen molar-refractivity contribution in [2.75, 3.05) is 13.1 Å². The number of aliphatic imine (C=N–C) groups is 1. The first-order valence-corrected chi connectivity index (χ1v) is 22.9. The van der Waals surface area contributed by atoms with Crippen LogP contribution >= 0.6 is 0 Å². The van der Waals surface area contributed by atoms with Gasteiger partial charge in [-0.05, 0) is 114 Å². The molecular weight excluding hydrogens is 785 g/mol. The topological polar surface area (TPSA) is 120 Å². The van der Waals surface area contributed by atoms with Crippen molar-refractivity contribution < 1.29 is 19.1 Å². The van der Waals surface area contributed by atoms with Gasteiger partial charge in [0.05, 0.1) is 28.8 Å². The molecule has 0 spiro atoms. The van der Waals surface area contributed by atoms with Crippen LogP contribution in [-0.2, 0) is 20.7 Å². The van der Waals surface area contributed by atoms with Gasteiger partial charge in [-0.15, -0.1) is 0 Å². The van der Waals surface area contributed by atoms with Gasteiger partial charge in [-0.25, -0.2) is 9.78 Å². The summed E-state index contributed by atoms with van der Waals surface area (Å²) in [4.78, 5) is 59.2. The minimum absolute atomic E-state index is 0.0100. The molecule has 1 aromatic heterocycles. The average molecular weight is 845 g/mol. The molecule has 0 unspecified atom stereocenters. The Bertz CT molecular complexity index is 2770. The van der Waals surface area contributed by atoms with E-state index in [2.05, 4.69) is 110 Å². The summed E-state index contributed by atoms with van der Waals surface area (Å²) in [5.41, 5.74) is 7.40. The predicted molar refractivity (Wildman–Crippen MR) is 252 cm³/mol. The number of hydrogen-bond acceptors (Lipinski definition) is 6. The van der Waals surface area contributed by atoms with E-state index in [1.807, 2.05) is 56.0 Å². The van der Waals surface area contributed by atoms with E-state index in [9.17, 15) is 14.4 Å². The minimum atomic E-state index is -0.910. The lowest BCUT2D eigenvalue weighted by atomic mass is 9.93. The molecule has 63 heavy (non-hydrogen) atoms. The van der Waals surface area contributed by atoms with Gasteiger partial charge < -0.3 is 24.8 Å². The lowest BCUT2D eigenvalue weighted by Gasteiger charge is -2.29. The average Bonchev–Trinajstić information content (AvgIpc) is 4.08. The van der Waals surface area contributed by atoms with Crippen molar-refractivity contribution in [2.45, 2.75) is 105 Å². The number of benzene rings is 5. The van der Waals surface area contributed by atoms with E-state index in [0.717, 1.165) is 82.4 Å². The number of fused-ring (bicyclic) bond motifs is 6. The van der Waals surface area contributed by atoms with Gasteiger partial charge in [0, 0.05) is 36.5 Å². The third-order valence-electron chi connectivity index (χ3n) is 13.7. The highest BCUT2D eigenvalue weighted by Crippen LogP contribution is 2.41. The molecule has 9 rings (SSSR count). The highest BCUT2D eigenvalue weighted by atomic mass is 16.6. The Hall–Kier alpha value is -6.03. The maximum absolute atomic E-state index is 14.6. The molecule has 326 valence electrons. The number of rotatable bonds is 9. The summed E-state index contributed by atoms with van der Waals surface area (Å²) >= 11 is 0. The summed E-state index contributed by atoms with van der Waals surface area (Å²) in [5.74, 6) is 1.84. The van der Waals surface area contributed by atoms with Gasteiger partial charge in [-0.1, -0.05) is 108 Å². The van der Waals surface area contributed by atoms with E-state index >= 15 is 0 Å². The summed E-state index contributed by atoms with van der Waals surface area (Å²) < 4.78 is 5.60. The maximum atomic E-state index is 14.6. The third kappa shape index (κ3) is 8.20. The van der Waals surface area contributed by atoms with Gasteiger partial charge in [0.2, 0.25) is 5.91 Å². The molecule has 6 aromatic rings. The molecule has 0 aliphatic carbocycles. The van der Waals surface area contributed by atoms with Gasteiger partial charge in [-0.3, -0.25) is 14.6 Å². The summed E-state index contributed by atoms with van der Waals surface area (Å²) in [6, 6.07) is 30.0. The highest BCUT2D eigenvalue weighted by Gasteiger charge is 2.42. The standard InChI is InChI=1S/C53H60N6O4/c1-9-33-24-46(59(29-33)51(61)47(34-13-11-10-12-14-34)57-52(62)63-53(6,7)8)49-55-43-22-18-38-26-36(16-20-40(38)48(43)56-49)35-15-19-39-37(25-35)17-21-42-41(39)27-44(54-42)45-23-31(4)28-58(45)50(60)32(5)30(2)3/h10-22,25-26,30-33,45-47H,9,23-24,27-29H2,1-8H3,(H,55,56)(H,57,62)/t31-,32-,33-,45-,46-,47+/m0/s1. The van der Waals surface area contributed by atoms with Crippen LogP contribution in [0.2, 0.25) is 0 Å². The summed E-state index contributed by atoms with van der Waals surface area (Å²) in [6.45, 7) is 17.5. The number of aromatic nitrogens is 2. The highest BCUT2D eigenvalue weighted by molar-refractivity contribution is 6.07. The Balaban J connectivity index is 0.971. The lowest BCUT2D eigenvalue weighted by Crippen LogP contribution is -2.44. The number of H-pyrrole nitrogens is 1. The van der Waals surface area contributed by atoms with E-state index in [1.165, 1.54) is 16.3 Å². The number of ether oxygens (including phenoxy) is 1. The molecule has 0 saturated carbocycles. The smallest absolute Gasteiger partial charge is 0.408 e. The molecule has 2 N–H and O–H groups in total. The largest absolute Gasteiger partial charge is 0.444 e. The van der Waals surface area contributed by atoms with Crippen LogP contribution in [0.1, 0.15) is 104 Å². The fourth-order valence-electron chi connectivity index (χ4n) is 9.98. The summed E-state index contributed by atoms with van der Waals surface area (Å²) in [6.07, 6.45) is 2.79. The van der Waals surface area contributed by atoms with Crippen LogP contribution in [0.15, 0.2) is 96.0 Å². The Labute approximate surface area is 370 Å². The lowest BCUT2D eigenvalue weighted by molar-refractivity contribution is -0.136. The van der Waals surface area contributed by atoms with Crippen molar-refractivity contribution in [1.82, 2.24) is 25.1 Å². The monoisotopic (exact) mass is 844 g/mol. The first-order valence-electron chi connectivity index (χ1n) is 22.9. The Morgan fingerprint density at radius 1 is 0.825 bits per heavy atom. The van der Waals surface area contributed by atoms with Crippen molar-refractivity contribution in [2.24, 2.45) is 28.7 Å². The minimum Gasteiger partial charge on any atom is -0.444 e. The number of aromatic amines is 1. The number of amides is 3. The van der Waals surface area contributed by atoms with Crippen LogP contribution in [0.3, 0.4) is 0 Å². The fraction of sp³-hybridized carbons (Fsp3) is 0.415. The second kappa shape index (κ2) is 16.6. The fourth-order valence-corrected chi connectivity index (χ4v) is 9.98. The van der Waals surface area contributed by atoms with Crippen molar-refractivity contribution in [3.05, 3.63) is 108 Å². The first kappa shape index (κ1) is 42.3. The number of likely N-dealkylation sites (tertiary alicyclic amines) is 2. The summed E-state index contributed by atoms with van der Waals surface area (Å²) in [7, 11) is 0. The second-order valence-corrected chi connectivity index (χ2v) is 19.7. The second-order valence-electron chi connectivity index (χ2n) is 19.7. The normalized spacial score (nSPS) is 21.0.